The Morgan fingerprint density at radius 3 is 2.16 bits per heavy atom. The van der Waals surface area contributed by atoms with Crippen molar-refractivity contribution in [2.75, 3.05) is 41.7 Å². The number of hydrogen-bond acceptors (Lipinski definition) is 4. The summed E-state index contributed by atoms with van der Waals surface area (Å²) in [5, 5.41) is 11.1. The Bertz CT molecular complexity index is 1470. The smallest absolute Gasteiger partial charge is 0.338 e. The van der Waals surface area contributed by atoms with Gasteiger partial charge in [-0.2, -0.15) is 0 Å². The lowest BCUT2D eigenvalue weighted by Gasteiger charge is -2.37. The van der Waals surface area contributed by atoms with Gasteiger partial charge in [-0.1, -0.05) is 35.9 Å². The van der Waals surface area contributed by atoms with Gasteiger partial charge < -0.3 is 25.2 Å². The van der Waals surface area contributed by atoms with Crippen LogP contribution in [0.1, 0.15) is 28.9 Å². The number of nitrogens with two attached hydrogens (primary N) is 1. The number of carbonyl (C=O) groups is 1. The summed E-state index contributed by atoms with van der Waals surface area (Å²) in [6, 6.07) is 24.2. The third-order valence-electron chi connectivity index (χ3n) is 7.79. The molecule has 2 aliphatic heterocycles. The fourth-order valence-corrected chi connectivity index (χ4v) is 6.05. The Kier molecular flexibility index (Phi) is 6.50. The van der Waals surface area contributed by atoms with Crippen molar-refractivity contribution in [3.05, 3.63) is 89.1 Å². The molecule has 1 saturated heterocycles. The molecule has 0 atom stereocenters. The van der Waals surface area contributed by atoms with Crippen LogP contribution < -0.4 is 15.5 Å². The van der Waals surface area contributed by atoms with Crippen molar-refractivity contribution in [2.24, 2.45) is 0 Å². The van der Waals surface area contributed by atoms with Crippen LogP contribution >= 0.6 is 11.6 Å². The van der Waals surface area contributed by atoms with Gasteiger partial charge in [0.2, 0.25) is 0 Å². The standard InChI is InChI=1S/C31H31ClN4O2/c32-23-9-7-21(8-10-23)30-28(29(31(37)38)27-6-1-2-15-36(27)30)22-4-3-5-26(20-22)35-18-16-34(17-19-35)25-13-11-24(33)12-14-25/h3-5,7-14,20H,1-2,6,15-19,33H2,(H,37,38). The number of piperazine rings is 1. The molecule has 38 heavy (non-hydrogen) atoms. The van der Waals surface area contributed by atoms with Gasteiger partial charge in [0.05, 0.1) is 11.3 Å². The van der Waals surface area contributed by atoms with E-state index in [1.165, 1.54) is 5.69 Å². The van der Waals surface area contributed by atoms with E-state index in [0.717, 1.165) is 91.4 Å². The number of carboxylic acids is 1. The van der Waals surface area contributed by atoms with Crippen LogP contribution in [0.15, 0.2) is 72.8 Å². The van der Waals surface area contributed by atoms with Crippen molar-refractivity contribution in [1.29, 1.82) is 0 Å². The van der Waals surface area contributed by atoms with Crippen LogP contribution in [-0.4, -0.2) is 41.8 Å². The fraction of sp³-hybridized carbons (Fsp3) is 0.258. The first-order valence-corrected chi connectivity index (χ1v) is 13.6. The average Bonchev–Trinajstić information content (AvgIpc) is 3.30. The summed E-state index contributed by atoms with van der Waals surface area (Å²) in [4.78, 5) is 17.4. The maximum Gasteiger partial charge on any atom is 0.338 e. The van der Waals surface area contributed by atoms with Gasteiger partial charge in [0, 0.05) is 66.1 Å². The maximum absolute atomic E-state index is 12.7. The molecule has 1 aromatic heterocycles. The van der Waals surface area contributed by atoms with Crippen molar-refractivity contribution < 1.29 is 9.90 Å². The lowest BCUT2D eigenvalue weighted by atomic mass is 9.95. The first kappa shape index (κ1) is 24.4. The second-order valence-electron chi connectivity index (χ2n) is 10.1. The highest BCUT2D eigenvalue weighted by Gasteiger charge is 2.30. The molecule has 6 nitrogen and oxygen atoms in total. The van der Waals surface area contributed by atoms with Gasteiger partial charge in [-0.3, -0.25) is 0 Å². The molecule has 7 heteroatoms. The van der Waals surface area contributed by atoms with Gasteiger partial charge in [-0.05, 0) is 78.9 Å². The van der Waals surface area contributed by atoms with Crippen LogP contribution in [0.5, 0.6) is 0 Å². The molecule has 3 N–H and O–H groups in total. The molecule has 3 aromatic carbocycles. The number of aromatic nitrogens is 1. The topological polar surface area (TPSA) is 74.7 Å². The van der Waals surface area contributed by atoms with Crippen LogP contribution in [0.3, 0.4) is 0 Å². The minimum absolute atomic E-state index is 0.431. The molecule has 3 heterocycles. The van der Waals surface area contributed by atoms with Crippen molar-refractivity contribution in [3.8, 4) is 22.4 Å². The highest BCUT2D eigenvalue weighted by atomic mass is 35.5. The SMILES string of the molecule is Nc1ccc(N2CCN(c3cccc(-c4c(C(=O)O)c5n(c4-c4ccc(Cl)cc4)CCCC5)c3)CC2)cc1. The average molecular weight is 527 g/mol. The van der Waals surface area contributed by atoms with E-state index in [-0.39, 0.29) is 0 Å². The van der Waals surface area contributed by atoms with Gasteiger partial charge in [-0.25, -0.2) is 4.79 Å². The van der Waals surface area contributed by atoms with E-state index in [1.807, 2.05) is 48.5 Å². The molecule has 0 bridgehead atoms. The number of carboxylic acid groups (broad SMARTS) is 1. The van der Waals surface area contributed by atoms with Crippen molar-refractivity contribution >= 4 is 34.6 Å². The molecule has 0 spiro atoms. The predicted octanol–water partition coefficient (Wildman–Crippen LogP) is 6.42. The Morgan fingerprint density at radius 2 is 1.47 bits per heavy atom. The van der Waals surface area contributed by atoms with Gasteiger partial charge in [-0.15, -0.1) is 0 Å². The monoisotopic (exact) mass is 526 g/mol. The summed E-state index contributed by atoms with van der Waals surface area (Å²) in [7, 11) is 0. The van der Waals surface area contributed by atoms with Crippen LogP contribution in [0.25, 0.3) is 22.4 Å². The first-order chi connectivity index (χ1) is 18.5. The Morgan fingerprint density at radius 1 is 0.789 bits per heavy atom. The van der Waals surface area contributed by atoms with E-state index in [9.17, 15) is 9.90 Å². The molecule has 4 aromatic rings. The summed E-state index contributed by atoms with van der Waals surface area (Å²) >= 11 is 6.20. The molecule has 6 rings (SSSR count). The Hall–Kier alpha value is -3.90. The van der Waals surface area contributed by atoms with E-state index in [4.69, 9.17) is 17.3 Å². The van der Waals surface area contributed by atoms with Gasteiger partial charge in [0.1, 0.15) is 0 Å². The van der Waals surface area contributed by atoms with E-state index in [2.05, 4.69) is 38.6 Å². The number of anilines is 3. The number of rotatable bonds is 5. The van der Waals surface area contributed by atoms with Gasteiger partial charge in [0.15, 0.2) is 0 Å². The molecule has 0 aliphatic carbocycles. The van der Waals surface area contributed by atoms with Crippen molar-refractivity contribution in [2.45, 2.75) is 25.8 Å². The molecule has 0 amide bonds. The lowest BCUT2D eigenvalue weighted by Crippen LogP contribution is -2.46. The molecule has 2 aliphatic rings. The summed E-state index contributed by atoms with van der Waals surface area (Å²) in [6.45, 7) is 4.41. The summed E-state index contributed by atoms with van der Waals surface area (Å²) in [5.74, 6) is -0.867. The van der Waals surface area contributed by atoms with E-state index in [0.29, 0.717) is 10.6 Å². The first-order valence-electron chi connectivity index (χ1n) is 13.2. The number of hydrogen-bond donors (Lipinski definition) is 2. The molecular formula is C31H31ClN4O2. The third-order valence-corrected chi connectivity index (χ3v) is 8.04. The lowest BCUT2D eigenvalue weighted by molar-refractivity contribution is 0.0696. The molecule has 0 unspecified atom stereocenters. The molecular weight excluding hydrogens is 496 g/mol. The van der Waals surface area contributed by atoms with E-state index in [1.54, 1.807) is 0 Å². The minimum Gasteiger partial charge on any atom is -0.478 e. The highest BCUT2D eigenvalue weighted by molar-refractivity contribution is 6.30. The molecule has 0 saturated carbocycles. The van der Waals surface area contributed by atoms with E-state index < -0.39 is 5.97 Å². The number of halogens is 1. The largest absolute Gasteiger partial charge is 0.478 e. The minimum atomic E-state index is -0.867. The molecule has 0 radical (unpaired) electrons. The summed E-state index contributed by atoms with van der Waals surface area (Å²) in [6.07, 6.45) is 2.82. The van der Waals surface area contributed by atoms with Gasteiger partial charge in [0.25, 0.3) is 0 Å². The Balaban J connectivity index is 1.37. The fourth-order valence-electron chi connectivity index (χ4n) is 5.92. The quantitative estimate of drug-likeness (QED) is 0.293. The zero-order valence-electron chi connectivity index (χ0n) is 21.2. The summed E-state index contributed by atoms with van der Waals surface area (Å²) < 4.78 is 2.23. The van der Waals surface area contributed by atoms with E-state index >= 15 is 0 Å². The number of nitrogens with zero attached hydrogens (tertiary/aromatic N) is 3. The molecule has 194 valence electrons. The normalized spacial score (nSPS) is 15.4. The summed E-state index contributed by atoms with van der Waals surface area (Å²) in [5.41, 5.74) is 14.0. The number of aromatic carboxylic acids is 1. The van der Waals surface area contributed by atoms with Crippen LogP contribution in [0.4, 0.5) is 17.1 Å². The maximum atomic E-state index is 12.7. The zero-order chi connectivity index (χ0) is 26.2. The zero-order valence-corrected chi connectivity index (χ0v) is 22.0. The Labute approximate surface area is 227 Å². The van der Waals surface area contributed by atoms with Crippen LogP contribution in [-0.2, 0) is 13.0 Å². The van der Waals surface area contributed by atoms with Crippen LogP contribution in [0.2, 0.25) is 5.02 Å². The van der Waals surface area contributed by atoms with Crippen molar-refractivity contribution in [1.82, 2.24) is 4.57 Å². The van der Waals surface area contributed by atoms with Crippen molar-refractivity contribution in [3.63, 3.8) is 0 Å². The number of benzene rings is 3. The van der Waals surface area contributed by atoms with Crippen LogP contribution in [0, 0.1) is 0 Å². The number of nitrogen functional groups attached to an aromatic ring is 1. The molecule has 1 fully saturated rings. The highest BCUT2D eigenvalue weighted by Crippen LogP contribution is 2.42. The van der Waals surface area contributed by atoms with Gasteiger partial charge >= 0.3 is 5.97 Å². The number of fused-ring (bicyclic) bond motifs is 1. The predicted molar refractivity (Wildman–Crippen MR) is 155 cm³/mol. The third kappa shape index (κ3) is 4.50. The second kappa shape index (κ2) is 10.1. The second-order valence-corrected chi connectivity index (χ2v) is 10.5.